The summed E-state index contributed by atoms with van der Waals surface area (Å²) in [7, 11) is 0. The fourth-order valence-electron chi connectivity index (χ4n) is 2.31. The molecule has 2 aromatic rings. The summed E-state index contributed by atoms with van der Waals surface area (Å²) in [5.74, 6) is -0.162. The van der Waals surface area contributed by atoms with E-state index < -0.39 is 0 Å². The van der Waals surface area contributed by atoms with Crippen LogP contribution in [0.3, 0.4) is 0 Å². The number of nitrogens with one attached hydrogen (secondary N) is 2. The van der Waals surface area contributed by atoms with Gasteiger partial charge in [0.25, 0.3) is 5.91 Å². The van der Waals surface area contributed by atoms with Crippen molar-refractivity contribution in [1.29, 1.82) is 0 Å². The van der Waals surface area contributed by atoms with Crippen LogP contribution >= 0.6 is 0 Å². The van der Waals surface area contributed by atoms with Crippen LogP contribution in [0.25, 0.3) is 11.1 Å². The number of aromatic amines is 1. The predicted molar refractivity (Wildman–Crippen MR) is 73.1 cm³/mol. The van der Waals surface area contributed by atoms with Gasteiger partial charge in [0.2, 0.25) is 0 Å². The van der Waals surface area contributed by atoms with E-state index in [1.54, 1.807) is 18.6 Å². The molecule has 3 rings (SSSR count). The first kappa shape index (κ1) is 12.8. The lowest BCUT2D eigenvalue weighted by Crippen LogP contribution is -2.32. The normalized spacial score (nSPS) is 18.1. The van der Waals surface area contributed by atoms with Crippen LogP contribution in [0.2, 0.25) is 0 Å². The van der Waals surface area contributed by atoms with E-state index in [-0.39, 0.29) is 12.0 Å². The molecule has 0 radical (unpaired) electrons. The van der Waals surface area contributed by atoms with Crippen LogP contribution in [-0.4, -0.2) is 40.3 Å². The fraction of sp³-hybridized carbons (Fsp3) is 0.357. The number of carbonyl (C=O) groups is 1. The van der Waals surface area contributed by atoms with Gasteiger partial charge in [-0.05, 0) is 30.5 Å². The average molecular weight is 272 g/mol. The van der Waals surface area contributed by atoms with E-state index in [1.165, 1.54) is 0 Å². The summed E-state index contributed by atoms with van der Waals surface area (Å²) in [4.78, 5) is 16.2. The average Bonchev–Trinajstić information content (AvgIpc) is 3.17. The van der Waals surface area contributed by atoms with Crippen molar-refractivity contribution < 1.29 is 9.53 Å². The Labute approximate surface area is 116 Å². The summed E-state index contributed by atoms with van der Waals surface area (Å²) < 4.78 is 5.49. The van der Waals surface area contributed by atoms with Crippen molar-refractivity contribution in [1.82, 2.24) is 20.5 Å². The number of nitrogens with zero attached hydrogens (tertiary/aromatic N) is 2. The van der Waals surface area contributed by atoms with E-state index in [2.05, 4.69) is 20.5 Å². The Morgan fingerprint density at radius 3 is 3.05 bits per heavy atom. The van der Waals surface area contributed by atoms with Gasteiger partial charge in [-0.2, -0.15) is 5.10 Å². The van der Waals surface area contributed by atoms with Gasteiger partial charge in [0, 0.05) is 31.1 Å². The van der Waals surface area contributed by atoms with E-state index >= 15 is 0 Å². The molecule has 6 nitrogen and oxygen atoms in total. The van der Waals surface area contributed by atoms with Gasteiger partial charge in [0.05, 0.1) is 12.3 Å². The number of aromatic nitrogens is 3. The zero-order chi connectivity index (χ0) is 13.8. The topological polar surface area (TPSA) is 79.9 Å². The van der Waals surface area contributed by atoms with Crippen molar-refractivity contribution in [3.63, 3.8) is 0 Å². The molecular weight excluding hydrogens is 256 g/mol. The third kappa shape index (κ3) is 2.70. The minimum Gasteiger partial charge on any atom is -0.376 e. The van der Waals surface area contributed by atoms with Crippen molar-refractivity contribution in [2.75, 3.05) is 13.2 Å². The molecule has 2 N–H and O–H groups in total. The number of hydrogen-bond donors (Lipinski definition) is 2. The van der Waals surface area contributed by atoms with Gasteiger partial charge < -0.3 is 10.1 Å². The first-order valence-corrected chi connectivity index (χ1v) is 6.68. The van der Waals surface area contributed by atoms with E-state index in [4.69, 9.17) is 4.74 Å². The first-order valence-electron chi connectivity index (χ1n) is 6.68. The molecule has 6 heteroatoms. The van der Waals surface area contributed by atoms with Crippen LogP contribution in [0.5, 0.6) is 0 Å². The van der Waals surface area contributed by atoms with Gasteiger partial charge in [0.1, 0.15) is 5.69 Å². The van der Waals surface area contributed by atoms with Crippen LogP contribution in [0.1, 0.15) is 23.3 Å². The summed E-state index contributed by atoms with van der Waals surface area (Å²) in [6, 6.07) is 3.70. The minimum absolute atomic E-state index is 0.131. The molecule has 0 spiro atoms. The SMILES string of the molecule is O=C(NCC1CCCO1)c1[nH]ncc1-c1ccncc1. The van der Waals surface area contributed by atoms with Crippen LogP contribution in [0.4, 0.5) is 0 Å². The molecule has 1 aliphatic rings. The molecule has 1 aliphatic heterocycles. The third-order valence-corrected chi connectivity index (χ3v) is 3.37. The summed E-state index contributed by atoms with van der Waals surface area (Å²) in [6.45, 7) is 1.32. The Bertz CT molecular complexity index is 576. The molecular formula is C14H16N4O2. The molecule has 1 unspecified atom stereocenters. The van der Waals surface area contributed by atoms with E-state index in [0.717, 1.165) is 30.6 Å². The summed E-state index contributed by atoms with van der Waals surface area (Å²) >= 11 is 0. The van der Waals surface area contributed by atoms with E-state index in [1.807, 2.05) is 12.1 Å². The van der Waals surface area contributed by atoms with E-state index in [0.29, 0.717) is 12.2 Å². The lowest BCUT2D eigenvalue weighted by Gasteiger charge is -2.10. The van der Waals surface area contributed by atoms with Gasteiger partial charge in [-0.25, -0.2) is 0 Å². The van der Waals surface area contributed by atoms with Crippen LogP contribution < -0.4 is 5.32 Å². The molecule has 1 amide bonds. The number of carbonyl (C=O) groups excluding carboxylic acids is 1. The van der Waals surface area contributed by atoms with Crippen molar-refractivity contribution in [3.8, 4) is 11.1 Å². The second kappa shape index (κ2) is 5.83. The van der Waals surface area contributed by atoms with Crippen molar-refractivity contribution in [3.05, 3.63) is 36.4 Å². The van der Waals surface area contributed by atoms with Crippen LogP contribution in [0, 0.1) is 0 Å². The van der Waals surface area contributed by atoms with Gasteiger partial charge in [-0.15, -0.1) is 0 Å². The number of H-pyrrole nitrogens is 1. The Morgan fingerprint density at radius 2 is 2.30 bits per heavy atom. The summed E-state index contributed by atoms with van der Waals surface area (Å²) in [5.41, 5.74) is 2.16. The second-order valence-corrected chi connectivity index (χ2v) is 4.74. The van der Waals surface area contributed by atoms with Crippen molar-refractivity contribution in [2.45, 2.75) is 18.9 Å². The smallest absolute Gasteiger partial charge is 0.270 e. The Kier molecular flexibility index (Phi) is 3.73. The second-order valence-electron chi connectivity index (χ2n) is 4.74. The molecule has 2 aromatic heterocycles. The highest BCUT2D eigenvalue weighted by Gasteiger charge is 2.19. The number of hydrogen-bond acceptors (Lipinski definition) is 4. The lowest BCUT2D eigenvalue weighted by atomic mass is 10.1. The summed E-state index contributed by atoms with van der Waals surface area (Å²) in [5, 5.41) is 9.60. The van der Waals surface area contributed by atoms with E-state index in [9.17, 15) is 4.79 Å². The molecule has 20 heavy (non-hydrogen) atoms. The third-order valence-electron chi connectivity index (χ3n) is 3.37. The molecule has 0 bridgehead atoms. The molecule has 1 fully saturated rings. The number of amides is 1. The van der Waals surface area contributed by atoms with Crippen LogP contribution in [0.15, 0.2) is 30.7 Å². The van der Waals surface area contributed by atoms with Gasteiger partial charge >= 0.3 is 0 Å². The number of ether oxygens (including phenoxy) is 1. The largest absolute Gasteiger partial charge is 0.376 e. The molecule has 1 atom stereocenters. The molecule has 1 saturated heterocycles. The van der Waals surface area contributed by atoms with Gasteiger partial charge in [0.15, 0.2) is 0 Å². The quantitative estimate of drug-likeness (QED) is 0.881. The zero-order valence-electron chi connectivity index (χ0n) is 11.0. The maximum Gasteiger partial charge on any atom is 0.270 e. The number of pyridine rings is 1. The highest BCUT2D eigenvalue weighted by atomic mass is 16.5. The highest BCUT2D eigenvalue weighted by molar-refractivity contribution is 5.98. The number of rotatable bonds is 4. The maximum absolute atomic E-state index is 12.2. The molecule has 0 aliphatic carbocycles. The monoisotopic (exact) mass is 272 g/mol. The molecule has 104 valence electrons. The van der Waals surface area contributed by atoms with Crippen molar-refractivity contribution >= 4 is 5.91 Å². The maximum atomic E-state index is 12.2. The molecule has 0 aromatic carbocycles. The Balaban J connectivity index is 1.70. The zero-order valence-corrected chi connectivity index (χ0v) is 11.0. The Morgan fingerprint density at radius 1 is 1.45 bits per heavy atom. The highest BCUT2D eigenvalue weighted by Crippen LogP contribution is 2.21. The minimum atomic E-state index is -0.162. The van der Waals surface area contributed by atoms with Crippen LogP contribution in [-0.2, 0) is 4.74 Å². The fourth-order valence-corrected chi connectivity index (χ4v) is 2.31. The molecule has 0 saturated carbocycles. The molecule has 3 heterocycles. The van der Waals surface area contributed by atoms with Gasteiger partial charge in [-0.1, -0.05) is 0 Å². The van der Waals surface area contributed by atoms with Crippen molar-refractivity contribution in [2.24, 2.45) is 0 Å². The summed E-state index contributed by atoms with van der Waals surface area (Å²) in [6.07, 6.45) is 7.22. The predicted octanol–water partition coefficient (Wildman–Crippen LogP) is 1.38. The standard InChI is InChI=1S/C14H16N4O2/c19-14(16-8-11-2-1-7-20-11)13-12(9-17-18-13)10-3-5-15-6-4-10/h3-6,9,11H,1-2,7-8H2,(H,16,19)(H,17,18). The Hall–Kier alpha value is -2.21. The first-order chi connectivity index (χ1) is 9.84. The van der Waals surface area contributed by atoms with Gasteiger partial charge in [-0.3, -0.25) is 14.9 Å². The lowest BCUT2D eigenvalue weighted by molar-refractivity contribution is 0.0854.